The third-order valence-electron chi connectivity index (χ3n) is 1.97. The number of hydrogen-bond acceptors (Lipinski definition) is 3. The van der Waals surface area contributed by atoms with Gasteiger partial charge in [-0.2, -0.15) is 0 Å². The summed E-state index contributed by atoms with van der Waals surface area (Å²) >= 11 is 1.68. The molecule has 0 aromatic carbocycles. The molecule has 2 heterocycles. The molecule has 0 bridgehead atoms. The van der Waals surface area contributed by atoms with E-state index >= 15 is 0 Å². The lowest BCUT2D eigenvalue weighted by Gasteiger charge is -1.97. The number of hydrogen-bond donors (Lipinski definition) is 1. The van der Waals surface area contributed by atoms with Crippen LogP contribution < -0.4 is 5.73 Å². The Morgan fingerprint density at radius 1 is 1.67 bits per heavy atom. The largest absolute Gasteiger partial charge is 0.330 e. The molecule has 2 N–H and O–H groups in total. The highest BCUT2D eigenvalue weighted by Gasteiger charge is 2.06. The van der Waals surface area contributed by atoms with E-state index in [1.807, 2.05) is 7.05 Å². The highest BCUT2D eigenvalue weighted by Crippen LogP contribution is 2.20. The molecule has 12 heavy (non-hydrogen) atoms. The van der Waals surface area contributed by atoms with Gasteiger partial charge in [-0.1, -0.05) is 0 Å². The molecule has 0 aliphatic heterocycles. The summed E-state index contributed by atoms with van der Waals surface area (Å²) in [6.45, 7) is 0.665. The molecule has 0 spiro atoms. The second kappa shape index (κ2) is 2.88. The maximum atomic E-state index is 5.47. The van der Waals surface area contributed by atoms with E-state index in [4.69, 9.17) is 5.73 Å². The third kappa shape index (κ3) is 1.04. The molecule has 2 rings (SSSR count). The molecule has 4 heteroatoms. The Morgan fingerprint density at radius 2 is 2.50 bits per heavy atom. The summed E-state index contributed by atoms with van der Waals surface area (Å²) in [5, 5.41) is 2.06. The Bertz CT molecular complexity index is 388. The highest BCUT2D eigenvalue weighted by atomic mass is 32.1. The molecule has 2 aromatic heterocycles. The van der Waals surface area contributed by atoms with Gasteiger partial charge in [-0.25, -0.2) is 4.98 Å². The van der Waals surface area contributed by atoms with Gasteiger partial charge in [-0.05, 0) is 18.0 Å². The van der Waals surface area contributed by atoms with Crippen LogP contribution in [0.15, 0.2) is 11.4 Å². The predicted molar refractivity (Wildman–Crippen MR) is 51.3 cm³/mol. The van der Waals surface area contributed by atoms with Gasteiger partial charge in [0.15, 0.2) is 0 Å². The molecule has 0 atom stereocenters. The van der Waals surface area contributed by atoms with Crippen LogP contribution in [0, 0.1) is 0 Å². The van der Waals surface area contributed by atoms with E-state index in [2.05, 4.69) is 21.0 Å². The van der Waals surface area contributed by atoms with Gasteiger partial charge < -0.3 is 10.3 Å². The summed E-state index contributed by atoms with van der Waals surface area (Å²) in [5.74, 6) is 1.08. The van der Waals surface area contributed by atoms with Gasteiger partial charge in [-0.15, -0.1) is 11.3 Å². The van der Waals surface area contributed by atoms with Gasteiger partial charge in [-0.3, -0.25) is 0 Å². The lowest BCUT2D eigenvalue weighted by molar-refractivity contribution is 0.794. The normalized spacial score (nSPS) is 11.2. The maximum Gasteiger partial charge on any atom is 0.141 e. The minimum absolute atomic E-state index is 0.665. The first kappa shape index (κ1) is 7.76. The van der Waals surface area contributed by atoms with E-state index in [1.165, 1.54) is 5.52 Å². The summed E-state index contributed by atoms with van der Waals surface area (Å²) in [5.41, 5.74) is 6.68. The lowest BCUT2D eigenvalue weighted by atomic mass is 10.4. The van der Waals surface area contributed by atoms with Crippen molar-refractivity contribution in [3.63, 3.8) is 0 Å². The zero-order chi connectivity index (χ0) is 8.55. The van der Waals surface area contributed by atoms with Crippen LogP contribution in [0.3, 0.4) is 0 Å². The quantitative estimate of drug-likeness (QED) is 0.755. The Balaban J connectivity index is 2.55. The van der Waals surface area contributed by atoms with Crippen molar-refractivity contribution in [1.82, 2.24) is 9.55 Å². The number of imidazole rings is 1. The van der Waals surface area contributed by atoms with E-state index in [1.54, 1.807) is 11.3 Å². The first-order valence-corrected chi connectivity index (χ1v) is 4.79. The molecule has 0 unspecified atom stereocenters. The van der Waals surface area contributed by atoms with Gasteiger partial charge >= 0.3 is 0 Å². The summed E-state index contributed by atoms with van der Waals surface area (Å²) in [7, 11) is 2.03. The lowest BCUT2D eigenvalue weighted by Crippen LogP contribution is -2.07. The number of aryl methyl sites for hydroxylation is 1. The van der Waals surface area contributed by atoms with Gasteiger partial charge in [0, 0.05) is 13.5 Å². The molecule has 0 radical (unpaired) electrons. The van der Waals surface area contributed by atoms with Crippen LogP contribution in [-0.2, 0) is 13.5 Å². The predicted octanol–water partition coefficient (Wildman–Crippen LogP) is 1.14. The first-order chi connectivity index (χ1) is 5.83. The van der Waals surface area contributed by atoms with Gasteiger partial charge in [0.25, 0.3) is 0 Å². The summed E-state index contributed by atoms with van der Waals surface area (Å²) in [4.78, 5) is 5.58. The molecule has 64 valence electrons. The number of rotatable bonds is 2. The average Bonchev–Trinajstić information content (AvgIpc) is 2.58. The fraction of sp³-hybridized carbons (Fsp3) is 0.375. The number of aromatic nitrogens is 2. The first-order valence-electron chi connectivity index (χ1n) is 3.92. The molecule has 0 fully saturated rings. The van der Waals surface area contributed by atoms with Crippen molar-refractivity contribution in [2.75, 3.05) is 6.54 Å². The smallest absolute Gasteiger partial charge is 0.141 e. The minimum Gasteiger partial charge on any atom is -0.330 e. The molecular weight excluding hydrogens is 170 g/mol. The molecule has 0 amide bonds. The Labute approximate surface area is 74.8 Å². The summed E-state index contributed by atoms with van der Waals surface area (Å²) in [6, 6.07) is 2.09. The topological polar surface area (TPSA) is 43.8 Å². The second-order valence-electron chi connectivity index (χ2n) is 2.74. The van der Waals surface area contributed by atoms with Gasteiger partial charge in [0.05, 0.1) is 5.52 Å². The molecule has 2 aromatic rings. The molecule has 0 saturated carbocycles. The zero-order valence-electron chi connectivity index (χ0n) is 6.95. The summed E-state index contributed by atoms with van der Waals surface area (Å²) < 4.78 is 2.11. The van der Waals surface area contributed by atoms with Crippen LogP contribution in [0.2, 0.25) is 0 Å². The number of thiophene rings is 1. The highest BCUT2D eigenvalue weighted by molar-refractivity contribution is 7.16. The van der Waals surface area contributed by atoms with Crippen LogP contribution in [0.1, 0.15) is 5.82 Å². The fourth-order valence-electron chi connectivity index (χ4n) is 1.32. The Morgan fingerprint density at radius 3 is 3.17 bits per heavy atom. The van der Waals surface area contributed by atoms with E-state index in [-0.39, 0.29) is 0 Å². The molecule has 3 nitrogen and oxygen atoms in total. The van der Waals surface area contributed by atoms with Crippen molar-refractivity contribution in [1.29, 1.82) is 0 Å². The Hall–Kier alpha value is -0.870. The van der Waals surface area contributed by atoms with Gasteiger partial charge in [0.1, 0.15) is 10.7 Å². The summed E-state index contributed by atoms with van der Waals surface area (Å²) in [6.07, 6.45) is 0.859. The monoisotopic (exact) mass is 181 g/mol. The van der Waals surface area contributed by atoms with Crippen LogP contribution in [-0.4, -0.2) is 16.1 Å². The van der Waals surface area contributed by atoms with E-state index in [0.717, 1.165) is 17.1 Å². The van der Waals surface area contributed by atoms with Crippen LogP contribution in [0.25, 0.3) is 10.3 Å². The zero-order valence-corrected chi connectivity index (χ0v) is 7.77. The SMILES string of the molecule is Cn1c(CCN)nc2sccc21. The van der Waals surface area contributed by atoms with E-state index < -0.39 is 0 Å². The standard InChI is InChI=1S/C8H11N3S/c1-11-6-3-5-12-8(6)10-7(11)2-4-9/h3,5H,2,4,9H2,1H3. The van der Waals surface area contributed by atoms with E-state index in [9.17, 15) is 0 Å². The number of nitrogens with zero attached hydrogens (tertiary/aromatic N) is 2. The van der Waals surface area contributed by atoms with Crippen LogP contribution >= 0.6 is 11.3 Å². The minimum atomic E-state index is 0.665. The number of nitrogens with two attached hydrogens (primary N) is 1. The van der Waals surface area contributed by atoms with Crippen LogP contribution in [0.4, 0.5) is 0 Å². The van der Waals surface area contributed by atoms with Crippen molar-refractivity contribution in [3.05, 3.63) is 17.3 Å². The fourth-order valence-corrected chi connectivity index (χ4v) is 2.13. The maximum absolute atomic E-state index is 5.47. The van der Waals surface area contributed by atoms with Crippen LogP contribution in [0.5, 0.6) is 0 Å². The van der Waals surface area contributed by atoms with E-state index in [0.29, 0.717) is 6.54 Å². The molecule has 0 saturated heterocycles. The Kier molecular flexibility index (Phi) is 1.86. The van der Waals surface area contributed by atoms with Gasteiger partial charge in [0.2, 0.25) is 0 Å². The van der Waals surface area contributed by atoms with Crippen molar-refractivity contribution < 1.29 is 0 Å². The van der Waals surface area contributed by atoms with Crippen molar-refractivity contribution in [2.24, 2.45) is 12.8 Å². The molecular formula is C8H11N3S. The van der Waals surface area contributed by atoms with Crippen molar-refractivity contribution >= 4 is 21.7 Å². The number of fused-ring (bicyclic) bond motifs is 1. The molecule has 0 aliphatic rings. The van der Waals surface area contributed by atoms with Crippen molar-refractivity contribution in [2.45, 2.75) is 6.42 Å². The average molecular weight is 181 g/mol. The second-order valence-corrected chi connectivity index (χ2v) is 3.63. The molecule has 0 aliphatic carbocycles. The van der Waals surface area contributed by atoms with Crippen molar-refractivity contribution in [3.8, 4) is 0 Å². The third-order valence-corrected chi connectivity index (χ3v) is 2.77.